The number of allylic oxidation sites excluding steroid dienone is 3. The van der Waals surface area contributed by atoms with Crippen molar-refractivity contribution in [3.05, 3.63) is 47.6 Å². The molecule has 2 aliphatic rings. The maximum Gasteiger partial charge on any atom is 0.303 e. The van der Waals surface area contributed by atoms with E-state index >= 15 is 0 Å². The van der Waals surface area contributed by atoms with E-state index in [1.165, 1.54) is 26.3 Å². The number of rotatable bonds is 5. The zero-order chi connectivity index (χ0) is 27.8. The fraction of sp³-hybridized carbons (Fsp3) is 0.645. The highest BCUT2D eigenvalue weighted by Gasteiger charge is 2.51. The summed E-state index contributed by atoms with van der Waals surface area (Å²) in [5.41, 5.74) is 3.02. The van der Waals surface area contributed by atoms with Gasteiger partial charge in [-0.25, -0.2) is 0 Å². The quantitative estimate of drug-likeness (QED) is 0.232. The predicted octanol–water partition coefficient (Wildman–Crippen LogP) is 6.66. The van der Waals surface area contributed by atoms with Crippen molar-refractivity contribution in [1.82, 2.24) is 0 Å². The van der Waals surface area contributed by atoms with Crippen LogP contribution in [0.1, 0.15) is 87.0 Å². The minimum absolute atomic E-state index is 0.0896. The summed E-state index contributed by atoms with van der Waals surface area (Å²) in [7, 11) is 0. The highest BCUT2D eigenvalue weighted by Crippen LogP contribution is 2.54. The molecule has 2 aliphatic carbocycles. The summed E-state index contributed by atoms with van der Waals surface area (Å²) in [6.07, 6.45) is 12.6. The minimum atomic E-state index is -0.470. The van der Waals surface area contributed by atoms with Gasteiger partial charge in [0.2, 0.25) is 0 Å². The molecule has 0 aromatic rings. The Hall–Kier alpha value is -2.63. The van der Waals surface area contributed by atoms with E-state index in [0.717, 1.165) is 43.3 Å². The van der Waals surface area contributed by atoms with Crippen LogP contribution in [-0.2, 0) is 28.6 Å². The van der Waals surface area contributed by atoms with E-state index in [4.69, 9.17) is 14.2 Å². The van der Waals surface area contributed by atoms with Crippen molar-refractivity contribution in [3.8, 4) is 0 Å². The highest BCUT2D eigenvalue weighted by atomic mass is 16.5. The normalized spacial score (nSPS) is 33.0. The number of hydrogen-bond acceptors (Lipinski definition) is 6. The van der Waals surface area contributed by atoms with Gasteiger partial charge in [0, 0.05) is 33.1 Å². The lowest BCUT2D eigenvalue weighted by atomic mass is 9.71. The third kappa shape index (κ3) is 9.64. The first-order chi connectivity index (χ1) is 17.3. The Morgan fingerprint density at radius 2 is 1.76 bits per heavy atom. The van der Waals surface area contributed by atoms with Crippen LogP contribution >= 0.6 is 0 Å². The molecule has 0 N–H and O–H groups in total. The minimum Gasteiger partial charge on any atom is -0.462 e. The molecular weight excluding hydrogens is 468 g/mol. The molecule has 0 aliphatic heterocycles. The van der Waals surface area contributed by atoms with Gasteiger partial charge in [-0.15, -0.1) is 0 Å². The summed E-state index contributed by atoms with van der Waals surface area (Å²) in [4.78, 5) is 35.5. The number of hydrogen-bond donors (Lipinski definition) is 0. The Kier molecular flexibility index (Phi) is 11.4. The standard InChI is InChI=1S/C31H46O6/c1-20(2)30-28-13-12-26(19-35-23(5)32)17-27(36-24(6)33)16-22(4)11-9-10-21(3)14-15-31(28,8)18-29(30)37-25(7)34/h11-13,17,20,27-30H,3,9-10,14-16,18-19H2,1-2,4-8H3/b13-12+,22-11+,26-17-/t27?,28-,29-,30-,31-/m1/s1. The first-order valence-corrected chi connectivity index (χ1v) is 13.5. The van der Waals surface area contributed by atoms with Crippen molar-refractivity contribution >= 4 is 17.9 Å². The molecule has 206 valence electrons. The molecule has 0 bridgehead atoms. The molecule has 1 fully saturated rings. The lowest BCUT2D eigenvalue weighted by Gasteiger charge is -2.34. The molecule has 0 heterocycles. The van der Waals surface area contributed by atoms with E-state index in [9.17, 15) is 14.4 Å². The van der Waals surface area contributed by atoms with Gasteiger partial charge in [0.25, 0.3) is 0 Å². The van der Waals surface area contributed by atoms with E-state index in [1.54, 1.807) is 0 Å². The van der Waals surface area contributed by atoms with Gasteiger partial charge < -0.3 is 14.2 Å². The van der Waals surface area contributed by atoms with Crippen LogP contribution in [0.3, 0.4) is 0 Å². The third-order valence-electron chi connectivity index (χ3n) is 7.64. The van der Waals surface area contributed by atoms with Gasteiger partial charge in [0.05, 0.1) is 0 Å². The van der Waals surface area contributed by atoms with Gasteiger partial charge in [0.1, 0.15) is 18.8 Å². The molecule has 0 aromatic heterocycles. The zero-order valence-electron chi connectivity index (χ0n) is 23.8. The number of esters is 3. The highest BCUT2D eigenvalue weighted by molar-refractivity contribution is 5.67. The number of carbonyl (C=O) groups excluding carboxylic acids is 3. The van der Waals surface area contributed by atoms with Gasteiger partial charge in [-0.1, -0.05) is 56.7 Å². The topological polar surface area (TPSA) is 78.9 Å². The molecule has 5 atom stereocenters. The second kappa shape index (κ2) is 13.8. The Morgan fingerprint density at radius 1 is 1.08 bits per heavy atom. The van der Waals surface area contributed by atoms with Crippen LogP contribution in [0, 0.1) is 23.2 Å². The van der Waals surface area contributed by atoms with Crippen molar-refractivity contribution in [2.24, 2.45) is 23.2 Å². The van der Waals surface area contributed by atoms with E-state index in [-0.39, 0.29) is 47.9 Å². The average Bonchev–Trinajstić information content (AvgIpc) is 3.03. The molecule has 1 unspecified atom stereocenters. The van der Waals surface area contributed by atoms with Crippen LogP contribution in [0.5, 0.6) is 0 Å². The molecule has 0 spiro atoms. The predicted molar refractivity (Wildman–Crippen MR) is 145 cm³/mol. The number of carbonyl (C=O) groups is 3. The Balaban J connectivity index is 2.58. The summed E-state index contributed by atoms with van der Waals surface area (Å²) in [6.45, 7) is 17.4. The summed E-state index contributed by atoms with van der Waals surface area (Å²) in [6, 6.07) is 0. The molecule has 0 amide bonds. The Bertz CT molecular complexity index is 939. The summed E-state index contributed by atoms with van der Waals surface area (Å²) in [5, 5.41) is 0. The second-order valence-electron chi connectivity index (χ2n) is 11.4. The van der Waals surface area contributed by atoms with Crippen LogP contribution in [0.25, 0.3) is 0 Å². The second-order valence-corrected chi connectivity index (χ2v) is 11.4. The monoisotopic (exact) mass is 514 g/mol. The third-order valence-corrected chi connectivity index (χ3v) is 7.64. The summed E-state index contributed by atoms with van der Waals surface area (Å²) < 4.78 is 16.8. The fourth-order valence-corrected chi connectivity index (χ4v) is 5.90. The fourth-order valence-electron chi connectivity index (χ4n) is 5.90. The van der Waals surface area contributed by atoms with E-state index < -0.39 is 6.10 Å². The largest absolute Gasteiger partial charge is 0.462 e. The van der Waals surface area contributed by atoms with Crippen molar-refractivity contribution in [3.63, 3.8) is 0 Å². The first-order valence-electron chi connectivity index (χ1n) is 13.5. The Labute approximate surface area is 223 Å². The van der Waals surface area contributed by atoms with Crippen LogP contribution in [0.2, 0.25) is 0 Å². The summed E-state index contributed by atoms with van der Waals surface area (Å²) in [5.74, 6) is -0.392. The van der Waals surface area contributed by atoms with Gasteiger partial charge in [-0.3, -0.25) is 14.4 Å². The zero-order valence-corrected chi connectivity index (χ0v) is 23.8. The van der Waals surface area contributed by atoms with Crippen molar-refractivity contribution in [2.75, 3.05) is 6.61 Å². The number of fused-ring (bicyclic) bond motifs is 1. The maximum absolute atomic E-state index is 12.0. The molecule has 0 radical (unpaired) electrons. The molecule has 6 heteroatoms. The van der Waals surface area contributed by atoms with Gasteiger partial charge in [0.15, 0.2) is 0 Å². The lowest BCUT2D eigenvalue weighted by Crippen LogP contribution is -2.29. The summed E-state index contributed by atoms with van der Waals surface area (Å²) >= 11 is 0. The number of ether oxygens (including phenoxy) is 3. The van der Waals surface area contributed by atoms with Crippen LogP contribution in [0.15, 0.2) is 47.6 Å². The van der Waals surface area contributed by atoms with Crippen LogP contribution in [-0.4, -0.2) is 36.7 Å². The smallest absolute Gasteiger partial charge is 0.303 e. The molecule has 1 saturated carbocycles. The molecule has 0 aromatic carbocycles. The Morgan fingerprint density at radius 3 is 2.35 bits per heavy atom. The van der Waals surface area contributed by atoms with E-state index in [2.05, 4.69) is 39.5 Å². The van der Waals surface area contributed by atoms with Crippen molar-refractivity contribution in [1.29, 1.82) is 0 Å². The van der Waals surface area contributed by atoms with Crippen molar-refractivity contribution < 1.29 is 28.6 Å². The molecule has 6 nitrogen and oxygen atoms in total. The van der Waals surface area contributed by atoms with Crippen LogP contribution in [0.4, 0.5) is 0 Å². The van der Waals surface area contributed by atoms with Gasteiger partial charge >= 0.3 is 17.9 Å². The first kappa shape index (κ1) is 30.6. The van der Waals surface area contributed by atoms with Gasteiger partial charge in [-0.2, -0.15) is 0 Å². The maximum atomic E-state index is 12.0. The molecule has 2 rings (SSSR count). The van der Waals surface area contributed by atoms with Crippen LogP contribution < -0.4 is 0 Å². The van der Waals surface area contributed by atoms with E-state index in [0.29, 0.717) is 12.3 Å². The van der Waals surface area contributed by atoms with Crippen molar-refractivity contribution in [2.45, 2.75) is 99.2 Å². The molecule has 0 saturated heterocycles. The average molecular weight is 515 g/mol. The van der Waals surface area contributed by atoms with E-state index in [1.807, 2.05) is 19.1 Å². The van der Waals surface area contributed by atoms with Gasteiger partial charge in [-0.05, 0) is 67.9 Å². The molecule has 37 heavy (non-hydrogen) atoms. The molecular formula is C31H46O6. The lowest BCUT2D eigenvalue weighted by molar-refractivity contribution is -0.149. The SMILES string of the molecule is C=C1CC/C=C(\C)CC(OC(C)=O)/C=C(COC(C)=O)/C=C/[C@@H]2[C@@H](C(C)C)[C@H](OC(C)=O)C[C@@]2(C)CC1.